The van der Waals surface area contributed by atoms with Crippen LogP contribution < -0.4 is 5.32 Å². The van der Waals surface area contributed by atoms with Gasteiger partial charge in [0.25, 0.3) is 0 Å². The fourth-order valence-corrected chi connectivity index (χ4v) is 2.99. The van der Waals surface area contributed by atoms with Gasteiger partial charge in [0.1, 0.15) is 0 Å². The summed E-state index contributed by atoms with van der Waals surface area (Å²) >= 11 is 0. The Bertz CT molecular complexity index is 334. The monoisotopic (exact) mass is 284 g/mol. The second-order valence-electron chi connectivity index (χ2n) is 6.54. The third-order valence-corrected chi connectivity index (χ3v) is 4.24. The molecular formula is C15H28N2O3. The van der Waals surface area contributed by atoms with E-state index in [-0.39, 0.29) is 18.4 Å². The number of rotatable bonds is 6. The second-order valence-corrected chi connectivity index (χ2v) is 6.54. The number of nitrogens with one attached hydrogen (secondary N) is 1. The molecule has 0 radical (unpaired) electrons. The van der Waals surface area contributed by atoms with Crippen LogP contribution >= 0.6 is 0 Å². The van der Waals surface area contributed by atoms with E-state index in [9.17, 15) is 9.59 Å². The predicted octanol–water partition coefficient (Wildman–Crippen LogP) is 2.42. The van der Waals surface area contributed by atoms with E-state index in [1.54, 1.807) is 4.90 Å². The molecule has 2 amide bonds. The quantitative estimate of drug-likeness (QED) is 0.787. The van der Waals surface area contributed by atoms with E-state index >= 15 is 0 Å². The Morgan fingerprint density at radius 1 is 1.25 bits per heavy atom. The largest absolute Gasteiger partial charge is 0.481 e. The van der Waals surface area contributed by atoms with Crippen LogP contribution in [0.1, 0.15) is 40.5 Å². The molecule has 0 saturated carbocycles. The number of likely N-dealkylation sites (tertiary alicyclic amines) is 1. The van der Waals surface area contributed by atoms with Crippen molar-refractivity contribution in [3.8, 4) is 0 Å². The Kier molecular flexibility index (Phi) is 6.30. The lowest BCUT2D eigenvalue weighted by Crippen LogP contribution is -2.42. The number of nitrogens with zero attached hydrogens (tertiary/aromatic N) is 1. The first-order valence-electron chi connectivity index (χ1n) is 7.55. The zero-order chi connectivity index (χ0) is 15.3. The summed E-state index contributed by atoms with van der Waals surface area (Å²) in [6, 6.07) is -0.0517. The van der Waals surface area contributed by atoms with Gasteiger partial charge < -0.3 is 15.3 Å². The Balaban J connectivity index is 2.38. The first kappa shape index (κ1) is 16.8. The van der Waals surface area contributed by atoms with Gasteiger partial charge in [0.15, 0.2) is 0 Å². The Labute approximate surface area is 121 Å². The summed E-state index contributed by atoms with van der Waals surface area (Å²) in [7, 11) is 0. The molecular weight excluding hydrogens is 256 g/mol. The molecule has 0 spiro atoms. The Morgan fingerprint density at radius 3 is 2.35 bits per heavy atom. The molecule has 20 heavy (non-hydrogen) atoms. The Hall–Kier alpha value is -1.26. The molecule has 0 aromatic heterocycles. The lowest BCUT2D eigenvalue weighted by molar-refractivity contribution is -0.138. The van der Waals surface area contributed by atoms with Crippen molar-refractivity contribution in [1.82, 2.24) is 10.2 Å². The first-order valence-corrected chi connectivity index (χ1v) is 7.55. The summed E-state index contributed by atoms with van der Waals surface area (Å²) < 4.78 is 0. The summed E-state index contributed by atoms with van der Waals surface area (Å²) in [5.41, 5.74) is 0. The molecule has 2 N–H and O–H groups in total. The molecule has 1 unspecified atom stereocenters. The number of carbonyl (C=O) groups excluding carboxylic acids is 1. The fraction of sp³-hybridized carbons (Fsp3) is 0.867. The molecule has 0 aromatic carbocycles. The molecule has 1 atom stereocenters. The van der Waals surface area contributed by atoms with E-state index in [0.717, 1.165) is 6.42 Å². The summed E-state index contributed by atoms with van der Waals surface area (Å²) in [5.74, 6) is 0.861. The van der Waals surface area contributed by atoms with Crippen molar-refractivity contribution in [1.29, 1.82) is 0 Å². The zero-order valence-corrected chi connectivity index (χ0v) is 13.1. The molecule has 5 heteroatoms. The van der Waals surface area contributed by atoms with Crippen molar-refractivity contribution in [2.75, 3.05) is 19.6 Å². The van der Waals surface area contributed by atoms with Crippen LogP contribution in [0.2, 0.25) is 0 Å². The standard InChI is InChI=1S/C15H28N2O3/c1-10(2)13(11(3)4)8-16-15(20)17-6-5-12(9-17)7-14(18)19/h10-13H,5-9H2,1-4H3,(H,16,20)(H,18,19). The van der Waals surface area contributed by atoms with Crippen molar-refractivity contribution in [2.45, 2.75) is 40.5 Å². The van der Waals surface area contributed by atoms with Gasteiger partial charge in [-0.3, -0.25) is 4.79 Å². The lowest BCUT2D eigenvalue weighted by atomic mass is 9.85. The first-order chi connectivity index (χ1) is 9.31. The van der Waals surface area contributed by atoms with Gasteiger partial charge in [-0.25, -0.2) is 4.79 Å². The molecule has 1 aliphatic rings. The molecule has 1 rings (SSSR count). The van der Waals surface area contributed by atoms with Crippen molar-refractivity contribution < 1.29 is 14.7 Å². The van der Waals surface area contributed by atoms with E-state index in [2.05, 4.69) is 33.0 Å². The van der Waals surface area contributed by atoms with Crippen molar-refractivity contribution in [3.63, 3.8) is 0 Å². The van der Waals surface area contributed by atoms with Crippen LogP contribution in [0.25, 0.3) is 0 Å². The molecule has 0 aliphatic carbocycles. The third-order valence-electron chi connectivity index (χ3n) is 4.24. The molecule has 1 saturated heterocycles. The van der Waals surface area contributed by atoms with Crippen molar-refractivity contribution in [3.05, 3.63) is 0 Å². The second kappa shape index (κ2) is 7.50. The average Bonchev–Trinajstić information content (AvgIpc) is 2.75. The maximum Gasteiger partial charge on any atom is 0.317 e. The molecule has 1 heterocycles. The Morgan fingerprint density at radius 2 is 1.85 bits per heavy atom. The van der Waals surface area contributed by atoms with Crippen molar-refractivity contribution >= 4 is 12.0 Å². The van der Waals surface area contributed by atoms with Gasteiger partial charge in [-0.15, -0.1) is 0 Å². The van der Waals surface area contributed by atoms with Gasteiger partial charge in [-0.1, -0.05) is 27.7 Å². The number of urea groups is 1. The molecule has 0 aromatic rings. The maximum atomic E-state index is 12.1. The highest BCUT2D eigenvalue weighted by atomic mass is 16.4. The van der Waals surface area contributed by atoms with Gasteiger partial charge in [-0.05, 0) is 30.1 Å². The molecule has 116 valence electrons. The normalized spacial score (nSPS) is 19.1. The molecule has 1 fully saturated rings. The van der Waals surface area contributed by atoms with E-state index in [4.69, 9.17) is 5.11 Å². The maximum absolute atomic E-state index is 12.1. The van der Waals surface area contributed by atoms with Crippen LogP contribution in [0.5, 0.6) is 0 Å². The number of aliphatic carboxylic acids is 1. The minimum Gasteiger partial charge on any atom is -0.481 e. The number of carboxylic acid groups (broad SMARTS) is 1. The van der Waals surface area contributed by atoms with Gasteiger partial charge >= 0.3 is 12.0 Å². The number of hydrogen-bond acceptors (Lipinski definition) is 2. The number of carbonyl (C=O) groups is 2. The summed E-state index contributed by atoms with van der Waals surface area (Å²) in [4.78, 5) is 24.5. The number of amides is 2. The van der Waals surface area contributed by atoms with Gasteiger partial charge in [0.05, 0.1) is 0 Å². The van der Waals surface area contributed by atoms with Gasteiger partial charge in [0, 0.05) is 26.1 Å². The average molecular weight is 284 g/mol. The minimum absolute atomic E-state index is 0.0517. The van der Waals surface area contributed by atoms with Crippen LogP contribution in [-0.2, 0) is 4.79 Å². The number of hydrogen-bond donors (Lipinski definition) is 2. The SMILES string of the molecule is CC(C)C(CNC(=O)N1CCC(CC(=O)O)C1)C(C)C. The summed E-state index contributed by atoms with van der Waals surface area (Å²) in [6.45, 7) is 10.6. The minimum atomic E-state index is -0.781. The highest BCUT2D eigenvalue weighted by Gasteiger charge is 2.28. The highest BCUT2D eigenvalue weighted by Crippen LogP contribution is 2.21. The molecule has 0 bridgehead atoms. The topological polar surface area (TPSA) is 69.6 Å². The van der Waals surface area contributed by atoms with Gasteiger partial charge in [-0.2, -0.15) is 0 Å². The predicted molar refractivity (Wildman–Crippen MR) is 78.5 cm³/mol. The van der Waals surface area contributed by atoms with E-state index in [0.29, 0.717) is 37.4 Å². The van der Waals surface area contributed by atoms with E-state index in [1.165, 1.54) is 0 Å². The summed E-state index contributed by atoms with van der Waals surface area (Å²) in [5, 5.41) is 11.8. The third kappa shape index (κ3) is 5.02. The highest BCUT2D eigenvalue weighted by molar-refractivity contribution is 5.74. The van der Waals surface area contributed by atoms with Crippen LogP contribution in [0.4, 0.5) is 4.79 Å². The molecule has 1 aliphatic heterocycles. The van der Waals surface area contributed by atoms with E-state index < -0.39 is 5.97 Å². The van der Waals surface area contributed by atoms with Crippen molar-refractivity contribution in [2.24, 2.45) is 23.7 Å². The molecule has 5 nitrogen and oxygen atoms in total. The van der Waals surface area contributed by atoms with Gasteiger partial charge in [0.2, 0.25) is 0 Å². The van der Waals surface area contributed by atoms with Crippen LogP contribution in [0.15, 0.2) is 0 Å². The van der Waals surface area contributed by atoms with Crippen LogP contribution in [0, 0.1) is 23.7 Å². The fourth-order valence-electron chi connectivity index (χ4n) is 2.99. The summed E-state index contributed by atoms with van der Waals surface area (Å²) in [6.07, 6.45) is 0.946. The number of carboxylic acids is 1. The van der Waals surface area contributed by atoms with E-state index in [1.807, 2.05) is 0 Å². The lowest BCUT2D eigenvalue weighted by Gasteiger charge is -2.26. The zero-order valence-electron chi connectivity index (χ0n) is 13.1. The smallest absolute Gasteiger partial charge is 0.317 e. The van der Waals surface area contributed by atoms with Crippen LogP contribution in [-0.4, -0.2) is 41.6 Å². The van der Waals surface area contributed by atoms with Crippen LogP contribution in [0.3, 0.4) is 0 Å².